The number of phenols is 1. The second kappa shape index (κ2) is 3.86. The third-order valence-corrected chi connectivity index (χ3v) is 4.63. The van der Waals surface area contributed by atoms with Crippen LogP contribution in [0, 0.1) is 12.3 Å². The second-order valence-corrected chi connectivity index (χ2v) is 5.56. The van der Waals surface area contributed by atoms with Gasteiger partial charge in [-0.15, -0.1) is 0 Å². The Morgan fingerprint density at radius 2 is 2.18 bits per heavy atom. The minimum absolute atomic E-state index is 0.373. The molecule has 90 valence electrons. The summed E-state index contributed by atoms with van der Waals surface area (Å²) in [4.78, 5) is 4.69. The Morgan fingerprint density at radius 3 is 2.76 bits per heavy atom. The normalized spacial score (nSPS) is 25.8. The minimum atomic E-state index is 0.373. The quantitative estimate of drug-likeness (QED) is 0.774. The van der Waals surface area contributed by atoms with Crippen molar-refractivity contribution in [1.82, 2.24) is 0 Å². The first kappa shape index (κ1) is 10.8. The van der Waals surface area contributed by atoms with Crippen LogP contribution in [0.4, 0.5) is 0 Å². The van der Waals surface area contributed by atoms with Crippen molar-refractivity contribution in [1.29, 1.82) is 0 Å². The summed E-state index contributed by atoms with van der Waals surface area (Å²) in [5, 5.41) is 9.91. The van der Waals surface area contributed by atoms with Crippen LogP contribution in [0.1, 0.15) is 43.2 Å². The Balaban J connectivity index is 1.76. The molecule has 2 nitrogen and oxygen atoms in total. The summed E-state index contributed by atoms with van der Waals surface area (Å²) in [5.41, 5.74) is 2.32. The number of aromatic hydroxyl groups is 1. The number of nitrogens with zero attached hydrogens (tertiary/aromatic N) is 1. The van der Waals surface area contributed by atoms with Gasteiger partial charge in [0.15, 0.2) is 0 Å². The Morgan fingerprint density at radius 1 is 1.35 bits per heavy atom. The van der Waals surface area contributed by atoms with Gasteiger partial charge in [-0.3, -0.25) is 4.99 Å². The Hall–Kier alpha value is -1.31. The van der Waals surface area contributed by atoms with Crippen LogP contribution < -0.4 is 0 Å². The average Bonchev–Trinajstić information content (AvgIpc) is 2.21. The summed E-state index contributed by atoms with van der Waals surface area (Å²) in [5.74, 6) is 0.373. The van der Waals surface area contributed by atoms with Gasteiger partial charge in [-0.05, 0) is 49.7 Å². The van der Waals surface area contributed by atoms with Crippen molar-refractivity contribution in [3.63, 3.8) is 0 Å². The van der Waals surface area contributed by atoms with Crippen LogP contribution in [-0.4, -0.2) is 17.4 Å². The van der Waals surface area contributed by atoms with Crippen molar-refractivity contribution >= 4 is 6.21 Å². The summed E-state index contributed by atoms with van der Waals surface area (Å²) >= 11 is 0. The van der Waals surface area contributed by atoms with Crippen molar-refractivity contribution < 1.29 is 5.11 Å². The van der Waals surface area contributed by atoms with Gasteiger partial charge in [0.25, 0.3) is 0 Å². The second-order valence-electron chi connectivity index (χ2n) is 5.56. The molecule has 2 aliphatic carbocycles. The van der Waals surface area contributed by atoms with Crippen LogP contribution in [0.2, 0.25) is 0 Å². The smallest absolute Gasteiger partial charge is 0.127 e. The van der Waals surface area contributed by atoms with Gasteiger partial charge in [-0.2, -0.15) is 0 Å². The zero-order valence-electron chi connectivity index (χ0n) is 10.3. The van der Waals surface area contributed by atoms with Crippen LogP contribution in [0.5, 0.6) is 5.75 Å². The molecule has 1 unspecified atom stereocenters. The molecule has 1 aromatic rings. The topological polar surface area (TPSA) is 32.6 Å². The number of rotatable bonds is 2. The number of aliphatic imine (C=N–C) groups is 1. The van der Waals surface area contributed by atoms with Crippen LogP contribution in [0.3, 0.4) is 0 Å². The lowest BCUT2D eigenvalue weighted by Gasteiger charge is -2.54. The van der Waals surface area contributed by atoms with Crippen molar-refractivity contribution in [3.05, 3.63) is 29.3 Å². The molecule has 2 fully saturated rings. The highest BCUT2D eigenvalue weighted by Crippen LogP contribution is 2.57. The molecule has 0 aliphatic heterocycles. The maximum atomic E-state index is 9.91. The predicted octanol–water partition coefficient (Wildman–Crippen LogP) is 3.45. The fourth-order valence-electron chi connectivity index (χ4n) is 3.08. The zero-order valence-corrected chi connectivity index (χ0v) is 10.3. The molecule has 1 spiro atoms. The van der Waals surface area contributed by atoms with Gasteiger partial charge in [0.2, 0.25) is 0 Å². The molecule has 0 amide bonds. The van der Waals surface area contributed by atoms with Crippen molar-refractivity contribution in [2.24, 2.45) is 10.4 Å². The van der Waals surface area contributed by atoms with E-state index in [1.807, 2.05) is 31.3 Å². The predicted molar refractivity (Wildman–Crippen MR) is 69.7 cm³/mol. The summed E-state index contributed by atoms with van der Waals surface area (Å²) in [6.07, 6.45) is 8.54. The van der Waals surface area contributed by atoms with E-state index < -0.39 is 0 Å². The molecule has 1 N–H and O–H groups in total. The van der Waals surface area contributed by atoms with E-state index in [0.717, 1.165) is 11.1 Å². The monoisotopic (exact) mass is 229 g/mol. The van der Waals surface area contributed by atoms with Crippen molar-refractivity contribution in [2.75, 3.05) is 0 Å². The standard InChI is InChI=1S/C15H19NO/c1-11-4-2-5-12(14(11)17)10-16-13-6-9-15(13)7-3-8-15/h2,4-5,10,13,17H,3,6-9H2,1H3. The van der Waals surface area contributed by atoms with Gasteiger partial charge in [0.05, 0.1) is 6.04 Å². The van der Waals surface area contributed by atoms with Crippen LogP contribution >= 0.6 is 0 Å². The number of benzene rings is 1. The molecule has 0 saturated heterocycles. The van der Waals surface area contributed by atoms with E-state index in [9.17, 15) is 5.11 Å². The molecule has 0 heterocycles. The first-order valence-electron chi connectivity index (χ1n) is 6.53. The first-order chi connectivity index (χ1) is 8.21. The molecule has 3 rings (SSSR count). The van der Waals surface area contributed by atoms with Crippen molar-refractivity contribution in [2.45, 2.75) is 45.1 Å². The van der Waals surface area contributed by atoms with E-state index >= 15 is 0 Å². The SMILES string of the molecule is Cc1cccc(C=NC2CCC23CCC3)c1O. The highest BCUT2D eigenvalue weighted by Gasteiger charge is 2.50. The maximum Gasteiger partial charge on any atom is 0.127 e. The van der Waals surface area contributed by atoms with Gasteiger partial charge < -0.3 is 5.11 Å². The van der Waals surface area contributed by atoms with Crippen LogP contribution in [0.25, 0.3) is 0 Å². The number of hydrogen-bond donors (Lipinski definition) is 1. The zero-order chi connectivity index (χ0) is 11.9. The number of aryl methyl sites for hydroxylation is 1. The van der Waals surface area contributed by atoms with Crippen molar-refractivity contribution in [3.8, 4) is 5.75 Å². The molecule has 0 radical (unpaired) electrons. The number of hydrogen-bond acceptors (Lipinski definition) is 2. The Bertz CT molecular complexity index is 454. The summed E-state index contributed by atoms with van der Waals surface area (Å²) in [6, 6.07) is 6.33. The van der Waals surface area contributed by atoms with Crippen LogP contribution in [-0.2, 0) is 0 Å². The van der Waals surface area contributed by atoms with E-state index in [1.165, 1.54) is 32.1 Å². The first-order valence-corrected chi connectivity index (χ1v) is 6.53. The van der Waals surface area contributed by atoms with Gasteiger partial charge in [-0.25, -0.2) is 0 Å². The fourth-order valence-corrected chi connectivity index (χ4v) is 3.08. The van der Waals surface area contributed by atoms with Crippen LogP contribution in [0.15, 0.2) is 23.2 Å². The lowest BCUT2D eigenvalue weighted by atomic mass is 9.53. The lowest BCUT2D eigenvalue weighted by molar-refractivity contribution is 0.00413. The van der Waals surface area contributed by atoms with E-state index in [1.54, 1.807) is 0 Å². The fraction of sp³-hybridized carbons (Fsp3) is 0.533. The van der Waals surface area contributed by atoms with E-state index in [-0.39, 0.29) is 0 Å². The molecule has 2 heteroatoms. The molecule has 2 aliphatic rings. The van der Waals surface area contributed by atoms with Gasteiger partial charge in [-0.1, -0.05) is 18.6 Å². The molecule has 17 heavy (non-hydrogen) atoms. The third-order valence-electron chi connectivity index (χ3n) is 4.63. The van der Waals surface area contributed by atoms with E-state index in [2.05, 4.69) is 0 Å². The van der Waals surface area contributed by atoms with Gasteiger partial charge >= 0.3 is 0 Å². The van der Waals surface area contributed by atoms with E-state index in [0.29, 0.717) is 17.2 Å². The maximum absolute atomic E-state index is 9.91. The molecule has 1 aromatic carbocycles. The lowest BCUT2D eigenvalue weighted by Crippen LogP contribution is -2.48. The molecule has 0 aromatic heterocycles. The highest BCUT2D eigenvalue weighted by molar-refractivity contribution is 5.84. The molecule has 2 saturated carbocycles. The Labute approximate surface area is 102 Å². The summed E-state index contributed by atoms with van der Waals surface area (Å²) < 4.78 is 0. The molecule has 0 bridgehead atoms. The van der Waals surface area contributed by atoms with Gasteiger partial charge in [0, 0.05) is 11.8 Å². The average molecular weight is 229 g/mol. The Kier molecular flexibility index (Phi) is 2.46. The van der Waals surface area contributed by atoms with E-state index in [4.69, 9.17) is 4.99 Å². The summed E-state index contributed by atoms with van der Waals surface area (Å²) in [6.45, 7) is 1.92. The molecular formula is C15H19NO. The molecule has 1 atom stereocenters. The molecular weight excluding hydrogens is 210 g/mol. The minimum Gasteiger partial charge on any atom is -0.507 e. The highest BCUT2D eigenvalue weighted by atomic mass is 16.3. The number of phenolic OH excluding ortho intramolecular Hbond substituents is 1. The largest absolute Gasteiger partial charge is 0.507 e. The summed E-state index contributed by atoms with van der Waals surface area (Å²) in [7, 11) is 0. The third kappa shape index (κ3) is 1.67. The number of para-hydroxylation sites is 1. The van der Waals surface area contributed by atoms with Gasteiger partial charge in [0.1, 0.15) is 5.75 Å².